The first kappa shape index (κ1) is 14.9. The highest BCUT2D eigenvalue weighted by Crippen LogP contribution is 2.40. The standard InChI is InChI=1S/C14H22N2O5/c1-13(2)18-7-9(19-13)10(17)12-11(8-5-6-15-16-8)20-14(3,4)21-12/h5-6,9-12,17H,7H2,1-4H3,(H,15,16)/t9-,10-,11-,12+/m1/s1. The Hall–Kier alpha value is -0.990. The van der Waals surface area contributed by atoms with Crippen molar-refractivity contribution in [1.82, 2.24) is 10.2 Å². The molecular formula is C14H22N2O5. The van der Waals surface area contributed by atoms with Crippen LogP contribution in [0, 0.1) is 0 Å². The van der Waals surface area contributed by atoms with E-state index in [1.807, 2.05) is 33.8 Å². The molecule has 2 aliphatic heterocycles. The van der Waals surface area contributed by atoms with Gasteiger partial charge in [0.15, 0.2) is 11.6 Å². The van der Waals surface area contributed by atoms with Crippen LogP contribution in [0.25, 0.3) is 0 Å². The fourth-order valence-corrected chi connectivity index (χ4v) is 2.80. The van der Waals surface area contributed by atoms with Crippen LogP contribution in [0.15, 0.2) is 12.3 Å². The topological polar surface area (TPSA) is 85.8 Å². The molecule has 21 heavy (non-hydrogen) atoms. The molecule has 3 heterocycles. The van der Waals surface area contributed by atoms with Crippen molar-refractivity contribution in [3.63, 3.8) is 0 Å². The number of nitrogens with zero attached hydrogens (tertiary/aromatic N) is 1. The van der Waals surface area contributed by atoms with Crippen LogP contribution in [0.5, 0.6) is 0 Å². The van der Waals surface area contributed by atoms with Gasteiger partial charge in [-0.2, -0.15) is 5.10 Å². The summed E-state index contributed by atoms with van der Waals surface area (Å²) >= 11 is 0. The maximum atomic E-state index is 10.6. The minimum absolute atomic E-state index is 0.324. The number of rotatable bonds is 3. The number of hydrogen-bond acceptors (Lipinski definition) is 6. The Morgan fingerprint density at radius 1 is 1.24 bits per heavy atom. The van der Waals surface area contributed by atoms with Crippen molar-refractivity contribution in [1.29, 1.82) is 0 Å². The van der Waals surface area contributed by atoms with E-state index in [2.05, 4.69) is 10.2 Å². The number of aliphatic hydroxyl groups excluding tert-OH is 1. The van der Waals surface area contributed by atoms with Crippen molar-refractivity contribution in [2.75, 3.05) is 6.61 Å². The van der Waals surface area contributed by atoms with Crippen LogP contribution in [0.1, 0.15) is 39.5 Å². The Morgan fingerprint density at radius 3 is 2.57 bits per heavy atom. The third-order valence-electron chi connectivity index (χ3n) is 3.71. The first-order valence-electron chi connectivity index (χ1n) is 7.12. The van der Waals surface area contributed by atoms with Crippen molar-refractivity contribution in [2.45, 2.75) is 63.7 Å². The molecule has 2 fully saturated rings. The predicted octanol–water partition coefficient (Wildman–Crippen LogP) is 1.11. The summed E-state index contributed by atoms with van der Waals surface area (Å²) in [5.41, 5.74) is 0.766. The van der Waals surface area contributed by atoms with Crippen molar-refractivity contribution in [3.05, 3.63) is 18.0 Å². The van der Waals surface area contributed by atoms with E-state index < -0.39 is 36.0 Å². The number of aliphatic hydroxyl groups is 1. The molecule has 2 N–H and O–H groups in total. The first-order chi connectivity index (χ1) is 9.77. The summed E-state index contributed by atoms with van der Waals surface area (Å²) in [5, 5.41) is 17.4. The highest BCUT2D eigenvalue weighted by Gasteiger charge is 2.50. The maximum absolute atomic E-state index is 10.6. The normalized spacial score (nSPS) is 36.0. The Kier molecular flexibility index (Phi) is 3.58. The maximum Gasteiger partial charge on any atom is 0.164 e. The van der Waals surface area contributed by atoms with E-state index in [0.29, 0.717) is 6.61 Å². The number of hydrogen-bond donors (Lipinski definition) is 2. The molecule has 0 unspecified atom stereocenters. The van der Waals surface area contributed by atoms with Crippen LogP contribution >= 0.6 is 0 Å². The second-order valence-corrected chi connectivity index (χ2v) is 6.39. The van der Waals surface area contributed by atoms with Crippen LogP contribution in [0.4, 0.5) is 0 Å². The van der Waals surface area contributed by atoms with Gasteiger partial charge in [0.1, 0.15) is 24.4 Å². The molecule has 0 amide bonds. The zero-order chi connectivity index (χ0) is 15.3. The van der Waals surface area contributed by atoms with E-state index in [-0.39, 0.29) is 0 Å². The average molecular weight is 298 g/mol. The molecule has 0 spiro atoms. The molecule has 7 nitrogen and oxygen atoms in total. The smallest absolute Gasteiger partial charge is 0.164 e. The second kappa shape index (κ2) is 5.03. The molecule has 1 aromatic heterocycles. The number of H-pyrrole nitrogens is 1. The third-order valence-corrected chi connectivity index (χ3v) is 3.71. The lowest BCUT2D eigenvalue weighted by molar-refractivity contribution is -0.178. The molecule has 3 rings (SSSR count). The zero-order valence-electron chi connectivity index (χ0n) is 12.7. The summed E-state index contributed by atoms with van der Waals surface area (Å²) in [7, 11) is 0. The quantitative estimate of drug-likeness (QED) is 0.869. The monoisotopic (exact) mass is 298 g/mol. The van der Waals surface area contributed by atoms with Gasteiger partial charge in [-0.25, -0.2) is 0 Å². The van der Waals surface area contributed by atoms with Gasteiger partial charge in [0, 0.05) is 6.20 Å². The molecule has 7 heteroatoms. The van der Waals surface area contributed by atoms with Gasteiger partial charge in [0.05, 0.1) is 12.3 Å². The number of aromatic amines is 1. The van der Waals surface area contributed by atoms with Gasteiger partial charge in [-0.15, -0.1) is 0 Å². The van der Waals surface area contributed by atoms with Gasteiger partial charge >= 0.3 is 0 Å². The molecule has 0 bridgehead atoms. The van der Waals surface area contributed by atoms with Crippen molar-refractivity contribution < 1.29 is 24.1 Å². The van der Waals surface area contributed by atoms with Gasteiger partial charge in [-0.05, 0) is 33.8 Å². The molecule has 2 aliphatic rings. The van der Waals surface area contributed by atoms with E-state index in [1.165, 1.54) is 0 Å². The van der Waals surface area contributed by atoms with E-state index in [0.717, 1.165) is 5.69 Å². The van der Waals surface area contributed by atoms with Gasteiger partial charge in [0.25, 0.3) is 0 Å². The third kappa shape index (κ3) is 2.97. The summed E-state index contributed by atoms with van der Waals surface area (Å²) < 4.78 is 23.0. The van der Waals surface area contributed by atoms with Crippen LogP contribution < -0.4 is 0 Å². The van der Waals surface area contributed by atoms with Gasteiger partial charge in [-0.1, -0.05) is 0 Å². The van der Waals surface area contributed by atoms with Crippen LogP contribution in [-0.4, -0.2) is 51.8 Å². The van der Waals surface area contributed by atoms with Crippen molar-refractivity contribution >= 4 is 0 Å². The fraction of sp³-hybridized carbons (Fsp3) is 0.786. The molecule has 4 atom stereocenters. The Bertz CT molecular complexity index is 488. The molecule has 0 aliphatic carbocycles. The lowest BCUT2D eigenvalue weighted by atomic mass is 10.0. The minimum Gasteiger partial charge on any atom is -0.387 e. The lowest BCUT2D eigenvalue weighted by Crippen LogP contribution is -2.42. The van der Waals surface area contributed by atoms with E-state index >= 15 is 0 Å². The van der Waals surface area contributed by atoms with Crippen molar-refractivity contribution in [3.8, 4) is 0 Å². The Balaban J connectivity index is 1.79. The van der Waals surface area contributed by atoms with E-state index in [4.69, 9.17) is 18.9 Å². The molecule has 0 saturated carbocycles. The number of nitrogens with one attached hydrogen (secondary N) is 1. The number of ether oxygens (including phenoxy) is 4. The largest absolute Gasteiger partial charge is 0.387 e. The summed E-state index contributed by atoms with van der Waals surface area (Å²) in [4.78, 5) is 0. The SMILES string of the molecule is CC1(C)O[C@@H]([C@H](O)[C@H]2COC(C)(C)O2)[C@@H](c2ccn[nH]2)O1. The van der Waals surface area contributed by atoms with E-state index in [9.17, 15) is 5.11 Å². The summed E-state index contributed by atoms with van der Waals surface area (Å²) in [6.07, 6.45) is -0.645. The molecular weight excluding hydrogens is 276 g/mol. The summed E-state index contributed by atoms with van der Waals surface area (Å²) in [6, 6.07) is 1.81. The molecule has 118 valence electrons. The molecule has 2 saturated heterocycles. The highest BCUT2D eigenvalue weighted by molar-refractivity contribution is 5.09. The van der Waals surface area contributed by atoms with Gasteiger partial charge in [0.2, 0.25) is 0 Å². The summed E-state index contributed by atoms with van der Waals surface area (Å²) in [5.74, 6) is -1.47. The minimum atomic E-state index is -0.859. The van der Waals surface area contributed by atoms with Gasteiger partial charge in [-0.3, -0.25) is 5.10 Å². The number of aromatic nitrogens is 2. The van der Waals surface area contributed by atoms with Crippen LogP contribution in [0.3, 0.4) is 0 Å². The molecule has 1 aromatic rings. The molecule has 0 aromatic carbocycles. The summed E-state index contributed by atoms with van der Waals surface area (Å²) in [6.45, 7) is 7.60. The average Bonchev–Trinajstić information content (AvgIpc) is 3.06. The van der Waals surface area contributed by atoms with Gasteiger partial charge < -0.3 is 24.1 Å². The Morgan fingerprint density at radius 2 is 2.00 bits per heavy atom. The van der Waals surface area contributed by atoms with Crippen molar-refractivity contribution in [2.24, 2.45) is 0 Å². The molecule has 0 radical (unpaired) electrons. The predicted molar refractivity (Wildman–Crippen MR) is 72.3 cm³/mol. The lowest BCUT2D eigenvalue weighted by Gasteiger charge is -2.26. The van der Waals surface area contributed by atoms with Crippen LogP contribution in [-0.2, 0) is 18.9 Å². The van der Waals surface area contributed by atoms with E-state index in [1.54, 1.807) is 6.20 Å². The first-order valence-corrected chi connectivity index (χ1v) is 7.12. The highest BCUT2D eigenvalue weighted by atomic mass is 16.8. The zero-order valence-corrected chi connectivity index (χ0v) is 12.7. The Labute approximate surface area is 123 Å². The fourth-order valence-electron chi connectivity index (χ4n) is 2.80. The second-order valence-electron chi connectivity index (χ2n) is 6.39. The van der Waals surface area contributed by atoms with Crippen LogP contribution in [0.2, 0.25) is 0 Å².